The van der Waals surface area contributed by atoms with Gasteiger partial charge in [-0.1, -0.05) is 48.5 Å². The lowest BCUT2D eigenvalue weighted by molar-refractivity contribution is -0.118. The van der Waals surface area contributed by atoms with Gasteiger partial charge in [0.25, 0.3) is 0 Å². The average Bonchev–Trinajstić information content (AvgIpc) is 3.22. The molecule has 1 N–H and O–H groups in total. The summed E-state index contributed by atoms with van der Waals surface area (Å²) in [5.74, 6) is -0.351. The van der Waals surface area contributed by atoms with Crippen molar-refractivity contribution in [2.75, 3.05) is 30.4 Å². The van der Waals surface area contributed by atoms with Crippen LogP contribution in [0.25, 0.3) is 0 Å². The lowest BCUT2D eigenvalue weighted by Crippen LogP contribution is -2.34. The Kier molecular flexibility index (Phi) is 6.61. The highest BCUT2D eigenvalue weighted by molar-refractivity contribution is 5.97. The highest BCUT2D eigenvalue weighted by Crippen LogP contribution is 2.28. The third-order valence-electron chi connectivity index (χ3n) is 5.65. The molecular formula is C26H26FN3O2. The molecule has 0 saturated carbocycles. The fraction of sp³-hybridized carbons (Fsp3) is 0.231. The summed E-state index contributed by atoms with van der Waals surface area (Å²) in [6.07, 6.45) is 1.41. The van der Waals surface area contributed by atoms with E-state index in [0.29, 0.717) is 18.7 Å². The zero-order valence-corrected chi connectivity index (χ0v) is 18.0. The van der Waals surface area contributed by atoms with Crippen LogP contribution < -0.4 is 10.2 Å². The van der Waals surface area contributed by atoms with Gasteiger partial charge < -0.3 is 10.2 Å². The number of halogens is 1. The number of carbonyl (C=O) groups excluding carboxylic acids is 2. The Morgan fingerprint density at radius 1 is 1.03 bits per heavy atom. The summed E-state index contributed by atoms with van der Waals surface area (Å²) in [7, 11) is 1.87. The first-order valence-corrected chi connectivity index (χ1v) is 10.7. The maximum absolute atomic E-state index is 13.5. The molecule has 0 spiro atoms. The van der Waals surface area contributed by atoms with E-state index in [0.717, 1.165) is 23.2 Å². The van der Waals surface area contributed by atoms with Crippen LogP contribution in [0.2, 0.25) is 0 Å². The number of hydrogen-bond acceptors (Lipinski definition) is 3. The van der Waals surface area contributed by atoms with Gasteiger partial charge in [-0.15, -0.1) is 0 Å². The molecule has 1 saturated heterocycles. The van der Waals surface area contributed by atoms with E-state index in [4.69, 9.17) is 0 Å². The largest absolute Gasteiger partial charge is 0.325 e. The molecule has 1 atom stereocenters. The second-order valence-electron chi connectivity index (χ2n) is 8.03. The van der Waals surface area contributed by atoms with E-state index in [2.05, 4.69) is 5.32 Å². The standard InChI is InChI=1S/C26H26FN3O2/c1-29(26(19-7-3-2-4-8-19)20-12-14-21(27)15-13-20)18-24(31)28-22-9-5-10-23(17-22)30-16-6-11-25(30)32/h2-5,7-10,12-15,17,26H,6,11,16,18H2,1H3,(H,28,31). The van der Waals surface area contributed by atoms with Crippen molar-refractivity contribution in [2.45, 2.75) is 18.9 Å². The molecule has 1 aliphatic rings. The van der Waals surface area contributed by atoms with Crippen LogP contribution in [0.4, 0.5) is 15.8 Å². The molecule has 32 heavy (non-hydrogen) atoms. The number of anilines is 2. The first-order chi connectivity index (χ1) is 15.5. The molecule has 1 unspecified atom stereocenters. The Hall–Kier alpha value is -3.51. The Morgan fingerprint density at radius 3 is 2.44 bits per heavy atom. The van der Waals surface area contributed by atoms with E-state index in [1.54, 1.807) is 17.0 Å². The average molecular weight is 432 g/mol. The Labute approximate surface area is 187 Å². The van der Waals surface area contributed by atoms with Gasteiger partial charge in [0.1, 0.15) is 5.82 Å². The monoisotopic (exact) mass is 431 g/mol. The van der Waals surface area contributed by atoms with Crippen LogP contribution >= 0.6 is 0 Å². The van der Waals surface area contributed by atoms with Gasteiger partial charge in [-0.2, -0.15) is 0 Å². The second kappa shape index (κ2) is 9.75. The maximum Gasteiger partial charge on any atom is 0.238 e. The number of nitrogens with one attached hydrogen (secondary N) is 1. The van der Waals surface area contributed by atoms with Crippen molar-refractivity contribution < 1.29 is 14.0 Å². The molecule has 6 heteroatoms. The molecule has 4 rings (SSSR count). The lowest BCUT2D eigenvalue weighted by atomic mass is 9.97. The zero-order valence-electron chi connectivity index (χ0n) is 18.0. The zero-order chi connectivity index (χ0) is 22.5. The van der Waals surface area contributed by atoms with Gasteiger partial charge in [0.2, 0.25) is 11.8 Å². The molecule has 1 aliphatic heterocycles. The molecule has 0 radical (unpaired) electrons. The number of carbonyl (C=O) groups is 2. The van der Waals surface area contributed by atoms with E-state index in [9.17, 15) is 14.0 Å². The molecular weight excluding hydrogens is 405 g/mol. The highest BCUT2D eigenvalue weighted by Gasteiger charge is 2.23. The summed E-state index contributed by atoms with van der Waals surface area (Å²) < 4.78 is 13.5. The summed E-state index contributed by atoms with van der Waals surface area (Å²) >= 11 is 0. The molecule has 3 aromatic rings. The summed E-state index contributed by atoms with van der Waals surface area (Å²) in [6, 6.07) is 23.4. The van der Waals surface area contributed by atoms with Crippen LogP contribution in [0.1, 0.15) is 30.0 Å². The van der Waals surface area contributed by atoms with E-state index in [-0.39, 0.29) is 30.2 Å². The number of nitrogens with zero attached hydrogens (tertiary/aromatic N) is 2. The van der Waals surface area contributed by atoms with Gasteiger partial charge in [-0.25, -0.2) is 4.39 Å². The van der Waals surface area contributed by atoms with Crippen molar-refractivity contribution in [1.82, 2.24) is 4.90 Å². The van der Waals surface area contributed by atoms with Crippen molar-refractivity contribution in [1.29, 1.82) is 0 Å². The van der Waals surface area contributed by atoms with Crippen molar-refractivity contribution in [3.05, 3.63) is 95.8 Å². The van der Waals surface area contributed by atoms with Crippen molar-refractivity contribution in [3.8, 4) is 0 Å². The van der Waals surface area contributed by atoms with Gasteiger partial charge >= 0.3 is 0 Å². The quantitative estimate of drug-likeness (QED) is 0.594. The molecule has 3 aromatic carbocycles. The smallest absolute Gasteiger partial charge is 0.238 e. The van der Waals surface area contributed by atoms with Gasteiger partial charge in [-0.05, 0) is 54.9 Å². The molecule has 2 amide bonds. The normalized spacial score (nSPS) is 14.6. The molecule has 0 aliphatic carbocycles. The molecule has 1 fully saturated rings. The fourth-order valence-electron chi connectivity index (χ4n) is 4.17. The van der Waals surface area contributed by atoms with Gasteiger partial charge in [-0.3, -0.25) is 14.5 Å². The SMILES string of the molecule is CN(CC(=O)Nc1cccc(N2CCCC2=O)c1)C(c1ccccc1)c1ccc(F)cc1. The maximum atomic E-state index is 13.5. The predicted molar refractivity (Wildman–Crippen MR) is 124 cm³/mol. The predicted octanol–water partition coefficient (Wildman–Crippen LogP) is 4.61. The van der Waals surface area contributed by atoms with Crippen LogP contribution in [0, 0.1) is 5.82 Å². The number of likely N-dealkylation sites (N-methyl/N-ethyl adjacent to an activating group) is 1. The molecule has 5 nitrogen and oxygen atoms in total. The van der Waals surface area contributed by atoms with Gasteiger partial charge in [0.15, 0.2) is 0 Å². The minimum atomic E-state index is -0.294. The Bertz CT molecular complexity index is 1090. The van der Waals surface area contributed by atoms with Crippen LogP contribution in [0.3, 0.4) is 0 Å². The minimum absolute atomic E-state index is 0.109. The van der Waals surface area contributed by atoms with Crippen molar-refractivity contribution in [3.63, 3.8) is 0 Å². The molecule has 1 heterocycles. The number of benzene rings is 3. The summed E-state index contributed by atoms with van der Waals surface area (Å²) in [5.41, 5.74) is 3.37. The fourth-order valence-corrected chi connectivity index (χ4v) is 4.17. The topological polar surface area (TPSA) is 52.7 Å². The Balaban J connectivity index is 1.49. The molecule has 0 bridgehead atoms. The third kappa shape index (κ3) is 5.03. The van der Waals surface area contributed by atoms with Crippen molar-refractivity contribution >= 4 is 23.2 Å². The summed E-state index contributed by atoms with van der Waals surface area (Å²) in [4.78, 5) is 28.6. The molecule has 164 valence electrons. The third-order valence-corrected chi connectivity index (χ3v) is 5.65. The van der Waals surface area contributed by atoms with Crippen LogP contribution in [-0.2, 0) is 9.59 Å². The van der Waals surface area contributed by atoms with Gasteiger partial charge in [0, 0.05) is 24.3 Å². The van der Waals surface area contributed by atoms with E-state index in [1.165, 1.54) is 12.1 Å². The van der Waals surface area contributed by atoms with E-state index in [1.807, 2.05) is 66.5 Å². The van der Waals surface area contributed by atoms with E-state index < -0.39 is 0 Å². The van der Waals surface area contributed by atoms with Crippen LogP contribution in [0.15, 0.2) is 78.9 Å². The second-order valence-corrected chi connectivity index (χ2v) is 8.03. The number of rotatable bonds is 7. The Morgan fingerprint density at radius 2 is 1.75 bits per heavy atom. The minimum Gasteiger partial charge on any atom is -0.325 e. The van der Waals surface area contributed by atoms with Crippen LogP contribution in [-0.4, -0.2) is 36.9 Å². The van der Waals surface area contributed by atoms with Crippen molar-refractivity contribution in [2.24, 2.45) is 0 Å². The first kappa shape index (κ1) is 21.7. The number of amides is 2. The lowest BCUT2D eigenvalue weighted by Gasteiger charge is -2.28. The first-order valence-electron chi connectivity index (χ1n) is 10.7. The van der Waals surface area contributed by atoms with Gasteiger partial charge in [0.05, 0.1) is 12.6 Å². The molecule has 0 aromatic heterocycles. The summed E-state index contributed by atoms with van der Waals surface area (Å²) in [5, 5.41) is 2.94. The number of hydrogen-bond donors (Lipinski definition) is 1. The van der Waals surface area contributed by atoms with E-state index >= 15 is 0 Å². The van der Waals surface area contributed by atoms with Crippen LogP contribution in [0.5, 0.6) is 0 Å². The summed E-state index contributed by atoms with van der Waals surface area (Å²) in [6.45, 7) is 0.846. The highest BCUT2D eigenvalue weighted by atomic mass is 19.1.